The number of nitrogens with zero attached hydrogens (tertiary/aromatic N) is 3. The average Bonchev–Trinajstić information content (AvgIpc) is 3.06. The Labute approximate surface area is 130 Å². The van der Waals surface area contributed by atoms with E-state index in [4.69, 9.17) is 4.52 Å². The highest BCUT2D eigenvalue weighted by atomic mass is 19.1. The average molecular weight is 303 g/mol. The lowest BCUT2D eigenvalue weighted by Crippen LogP contribution is -2.40. The fourth-order valence-corrected chi connectivity index (χ4v) is 2.84. The van der Waals surface area contributed by atoms with Gasteiger partial charge in [-0.2, -0.15) is 4.98 Å². The summed E-state index contributed by atoms with van der Waals surface area (Å²) >= 11 is 0. The predicted molar refractivity (Wildman–Crippen MR) is 83.1 cm³/mol. The molecule has 0 amide bonds. The number of alkyl halides is 1. The maximum absolute atomic E-state index is 15.1. The van der Waals surface area contributed by atoms with Crippen molar-refractivity contribution in [3.8, 4) is 11.4 Å². The van der Waals surface area contributed by atoms with Crippen LogP contribution in [0.5, 0.6) is 0 Å². The van der Waals surface area contributed by atoms with Gasteiger partial charge in [-0.1, -0.05) is 48.8 Å². The molecule has 1 aliphatic rings. The predicted octanol–water partition coefficient (Wildman–Crippen LogP) is 3.80. The molecule has 2 aromatic rings. The van der Waals surface area contributed by atoms with Gasteiger partial charge in [0.25, 0.3) is 5.89 Å². The van der Waals surface area contributed by atoms with Crippen molar-refractivity contribution in [2.24, 2.45) is 0 Å². The molecule has 3 rings (SSSR count). The SMILES string of the molecule is CCCCN1CCC(F)(c2nc(-c3ccccc3)no2)CC1. The molecule has 1 aliphatic heterocycles. The number of benzene rings is 1. The van der Waals surface area contributed by atoms with Gasteiger partial charge < -0.3 is 9.42 Å². The second-order valence-corrected chi connectivity index (χ2v) is 5.95. The standard InChI is InChI=1S/C17H22FN3O/c1-2-3-11-21-12-9-17(18,10-13-21)16-19-15(20-22-16)14-7-5-4-6-8-14/h4-8H,2-3,9-13H2,1H3. The number of hydrogen-bond donors (Lipinski definition) is 0. The van der Waals surface area contributed by atoms with E-state index in [-0.39, 0.29) is 5.89 Å². The zero-order valence-corrected chi connectivity index (χ0v) is 13.0. The first-order chi connectivity index (χ1) is 10.7. The van der Waals surface area contributed by atoms with Crippen LogP contribution in [0.1, 0.15) is 38.5 Å². The smallest absolute Gasteiger partial charge is 0.264 e. The second kappa shape index (κ2) is 6.57. The molecule has 5 heteroatoms. The summed E-state index contributed by atoms with van der Waals surface area (Å²) in [6.07, 6.45) is 3.18. The number of aromatic nitrogens is 2. The number of rotatable bonds is 5. The lowest BCUT2D eigenvalue weighted by Gasteiger charge is -2.34. The molecule has 0 saturated carbocycles. The minimum Gasteiger partial charge on any atom is -0.335 e. The number of halogens is 1. The largest absolute Gasteiger partial charge is 0.335 e. The van der Waals surface area contributed by atoms with Crippen LogP contribution in [-0.4, -0.2) is 34.7 Å². The van der Waals surface area contributed by atoms with Crippen molar-refractivity contribution >= 4 is 0 Å². The van der Waals surface area contributed by atoms with E-state index in [1.165, 1.54) is 6.42 Å². The molecular weight excluding hydrogens is 281 g/mol. The fourth-order valence-electron chi connectivity index (χ4n) is 2.84. The van der Waals surface area contributed by atoms with Crippen LogP contribution in [0, 0.1) is 0 Å². The van der Waals surface area contributed by atoms with E-state index in [1.807, 2.05) is 30.3 Å². The molecule has 1 saturated heterocycles. The Kier molecular flexibility index (Phi) is 4.52. The molecule has 1 aromatic heterocycles. The highest BCUT2D eigenvalue weighted by Gasteiger charge is 2.41. The molecule has 118 valence electrons. The van der Waals surface area contributed by atoms with Gasteiger partial charge in [0, 0.05) is 31.5 Å². The highest BCUT2D eigenvalue weighted by Crippen LogP contribution is 2.36. The van der Waals surface area contributed by atoms with Gasteiger partial charge in [-0.3, -0.25) is 0 Å². The summed E-state index contributed by atoms with van der Waals surface area (Å²) in [7, 11) is 0. The summed E-state index contributed by atoms with van der Waals surface area (Å²) in [6.45, 7) is 4.72. The molecule has 0 N–H and O–H groups in total. The highest BCUT2D eigenvalue weighted by molar-refractivity contribution is 5.53. The lowest BCUT2D eigenvalue weighted by molar-refractivity contribution is 0.0273. The third-order valence-corrected chi connectivity index (χ3v) is 4.32. The molecular formula is C17H22FN3O. The van der Waals surface area contributed by atoms with Crippen LogP contribution in [-0.2, 0) is 5.67 Å². The van der Waals surface area contributed by atoms with Gasteiger partial charge in [0.1, 0.15) is 0 Å². The minimum absolute atomic E-state index is 0.126. The first kappa shape index (κ1) is 15.2. The van der Waals surface area contributed by atoms with E-state index in [9.17, 15) is 0 Å². The molecule has 22 heavy (non-hydrogen) atoms. The van der Waals surface area contributed by atoms with Crippen molar-refractivity contribution < 1.29 is 8.91 Å². The normalized spacial score (nSPS) is 18.5. The topological polar surface area (TPSA) is 42.2 Å². The molecule has 1 aromatic carbocycles. The Morgan fingerprint density at radius 2 is 1.95 bits per heavy atom. The first-order valence-electron chi connectivity index (χ1n) is 8.02. The molecule has 0 bridgehead atoms. The Morgan fingerprint density at radius 3 is 2.64 bits per heavy atom. The van der Waals surface area contributed by atoms with Crippen molar-refractivity contribution in [1.29, 1.82) is 0 Å². The van der Waals surface area contributed by atoms with Gasteiger partial charge in [0.15, 0.2) is 5.67 Å². The number of unbranched alkanes of at least 4 members (excludes halogenated alkanes) is 1. The van der Waals surface area contributed by atoms with Crippen LogP contribution < -0.4 is 0 Å². The van der Waals surface area contributed by atoms with Crippen LogP contribution in [0.15, 0.2) is 34.9 Å². The van der Waals surface area contributed by atoms with E-state index < -0.39 is 5.67 Å². The molecule has 0 spiro atoms. The van der Waals surface area contributed by atoms with Gasteiger partial charge in [-0.15, -0.1) is 0 Å². The minimum atomic E-state index is -1.48. The van der Waals surface area contributed by atoms with E-state index in [0.717, 1.165) is 31.6 Å². The van der Waals surface area contributed by atoms with Gasteiger partial charge >= 0.3 is 0 Å². The monoisotopic (exact) mass is 303 g/mol. The van der Waals surface area contributed by atoms with E-state index in [0.29, 0.717) is 18.7 Å². The summed E-state index contributed by atoms with van der Waals surface area (Å²) < 4.78 is 20.3. The molecule has 0 aliphatic carbocycles. The van der Waals surface area contributed by atoms with Gasteiger partial charge in [-0.05, 0) is 13.0 Å². The summed E-state index contributed by atoms with van der Waals surface area (Å²) in [4.78, 5) is 6.61. The van der Waals surface area contributed by atoms with Gasteiger partial charge in [-0.25, -0.2) is 4.39 Å². The summed E-state index contributed by atoms with van der Waals surface area (Å²) in [6, 6.07) is 9.53. The number of hydrogen-bond acceptors (Lipinski definition) is 4. The molecule has 0 unspecified atom stereocenters. The Balaban J connectivity index is 1.68. The zero-order chi connectivity index (χ0) is 15.4. The Hall–Kier alpha value is -1.75. The maximum Gasteiger partial charge on any atom is 0.264 e. The summed E-state index contributed by atoms with van der Waals surface area (Å²) in [5.41, 5.74) is -0.635. The fraction of sp³-hybridized carbons (Fsp3) is 0.529. The summed E-state index contributed by atoms with van der Waals surface area (Å²) in [5, 5.41) is 3.94. The molecule has 2 heterocycles. The van der Waals surface area contributed by atoms with Crippen LogP contribution in [0.3, 0.4) is 0 Å². The summed E-state index contributed by atoms with van der Waals surface area (Å²) in [5.74, 6) is 0.586. The van der Waals surface area contributed by atoms with Crippen molar-refractivity contribution in [2.45, 2.75) is 38.3 Å². The quantitative estimate of drug-likeness (QED) is 0.842. The van der Waals surface area contributed by atoms with Crippen LogP contribution >= 0.6 is 0 Å². The Morgan fingerprint density at radius 1 is 1.23 bits per heavy atom. The van der Waals surface area contributed by atoms with Gasteiger partial charge in [0.05, 0.1) is 0 Å². The number of likely N-dealkylation sites (tertiary alicyclic amines) is 1. The first-order valence-corrected chi connectivity index (χ1v) is 8.02. The van der Waals surface area contributed by atoms with Crippen LogP contribution in [0.4, 0.5) is 4.39 Å². The van der Waals surface area contributed by atoms with Gasteiger partial charge in [0.2, 0.25) is 5.82 Å². The van der Waals surface area contributed by atoms with Crippen molar-refractivity contribution in [3.63, 3.8) is 0 Å². The zero-order valence-electron chi connectivity index (χ0n) is 13.0. The van der Waals surface area contributed by atoms with Crippen molar-refractivity contribution in [3.05, 3.63) is 36.2 Å². The van der Waals surface area contributed by atoms with E-state index >= 15 is 4.39 Å². The van der Waals surface area contributed by atoms with E-state index in [1.54, 1.807) is 0 Å². The van der Waals surface area contributed by atoms with Crippen LogP contribution in [0.25, 0.3) is 11.4 Å². The van der Waals surface area contributed by atoms with E-state index in [2.05, 4.69) is 22.0 Å². The van der Waals surface area contributed by atoms with Crippen molar-refractivity contribution in [2.75, 3.05) is 19.6 Å². The van der Waals surface area contributed by atoms with Crippen LogP contribution in [0.2, 0.25) is 0 Å². The maximum atomic E-state index is 15.1. The lowest BCUT2D eigenvalue weighted by atomic mass is 9.93. The molecule has 1 fully saturated rings. The third-order valence-electron chi connectivity index (χ3n) is 4.32. The second-order valence-electron chi connectivity index (χ2n) is 5.95. The molecule has 0 atom stereocenters. The molecule has 4 nitrogen and oxygen atoms in total. The Bertz CT molecular complexity index is 591. The van der Waals surface area contributed by atoms with Crippen molar-refractivity contribution in [1.82, 2.24) is 15.0 Å². The third kappa shape index (κ3) is 3.19. The molecule has 0 radical (unpaired) electrons. The number of piperidine rings is 1.